The minimum atomic E-state index is -0.406. The predicted molar refractivity (Wildman–Crippen MR) is 103 cm³/mol. The van der Waals surface area contributed by atoms with Crippen molar-refractivity contribution < 1.29 is 9.66 Å². The molecule has 142 valence electrons. The van der Waals surface area contributed by atoms with Crippen molar-refractivity contribution in [3.8, 4) is 11.4 Å². The van der Waals surface area contributed by atoms with E-state index in [1.807, 2.05) is 6.07 Å². The highest BCUT2D eigenvalue weighted by molar-refractivity contribution is 5.63. The Kier molecular flexibility index (Phi) is 4.65. The number of aromatic nitrogens is 2. The molecule has 2 saturated heterocycles. The molecule has 0 radical (unpaired) electrons. The fourth-order valence-electron chi connectivity index (χ4n) is 3.63. The van der Waals surface area contributed by atoms with Crippen molar-refractivity contribution in [3.63, 3.8) is 0 Å². The van der Waals surface area contributed by atoms with Crippen molar-refractivity contribution in [2.75, 3.05) is 23.3 Å². The Balaban J connectivity index is 1.69. The summed E-state index contributed by atoms with van der Waals surface area (Å²) in [5, 5.41) is 14.2. The number of anilines is 2. The van der Waals surface area contributed by atoms with Crippen LogP contribution < -0.4 is 10.2 Å². The number of nitrogens with one attached hydrogen (secondary N) is 1. The predicted octanol–water partition coefficient (Wildman–Crippen LogP) is 3.24. The molecule has 2 aliphatic rings. The van der Waals surface area contributed by atoms with E-state index in [9.17, 15) is 10.1 Å². The summed E-state index contributed by atoms with van der Waals surface area (Å²) in [7, 11) is 0. The molecule has 2 unspecified atom stereocenters. The van der Waals surface area contributed by atoms with E-state index in [-0.39, 0.29) is 23.9 Å². The molecule has 8 nitrogen and oxygen atoms in total. The van der Waals surface area contributed by atoms with Gasteiger partial charge in [-0.25, -0.2) is 9.97 Å². The number of benzene rings is 1. The Bertz CT molecular complexity index is 828. The fourth-order valence-corrected chi connectivity index (χ4v) is 3.63. The molecular formula is C19H23N5O3. The van der Waals surface area contributed by atoms with Gasteiger partial charge in [0.1, 0.15) is 11.6 Å². The number of morpholine rings is 1. The number of non-ortho nitro benzene ring substituents is 1. The molecule has 2 aromatic rings. The molecule has 2 bridgehead atoms. The van der Waals surface area contributed by atoms with Crippen molar-refractivity contribution >= 4 is 17.3 Å². The molecule has 8 heteroatoms. The lowest BCUT2D eigenvalue weighted by atomic mass is 10.2. The van der Waals surface area contributed by atoms with Gasteiger partial charge in [-0.2, -0.15) is 0 Å². The van der Waals surface area contributed by atoms with Gasteiger partial charge in [-0.3, -0.25) is 10.1 Å². The van der Waals surface area contributed by atoms with Crippen molar-refractivity contribution in [2.24, 2.45) is 0 Å². The summed E-state index contributed by atoms with van der Waals surface area (Å²) >= 11 is 0. The highest BCUT2D eigenvalue weighted by Gasteiger charge is 2.34. The van der Waals surface area contributed by atoms with Gasteiger partial charge in [0.25, 0.3) is 5.69 Å². The van der Waals surface area contributed by atoms with Gasteiger partial charge in [0, 0.05) is 42.9 Å². The van der Waals surface area contributed by atoms with E-state index in [1.165, 1.54) is 12.1 Å². The van der Waals surface area contributed by atoms with Crippen LogP contribution in [0.3, 0.4) is 0 Å². The van der Waals surface area contributed by atoms with Crippen molar-refractivity contribution in [2.45, 2.75) is 44.9 Å². The summed E-state index contributed by atoms with van der Waals surface area (Å²) in [5.41, 5.74) is 0.811. The van der Waals surface area contributed by atoms with Crippen LogP contribution in [-0.4, -0.2) is 46.2 Å². The van der Waals surface area contributed by atoms with Gasteiger partial charge in [0.15, 0.2) is 5.82 Å². The highest BCUT2D eigenvalue weighted by atomic mass is 16.6. The van der Waals surface area contributed by atoms with Gasteiger partial charge < -0.3 is 15.0 Å². The Morgan fingerprint density at radius 3 is 2.44 bits per heavy atom. The SMILES string of the molecule is CC(C)Nc1cc(N2CC3CCC(C2)O3)nc(-c2ccc([N+](=O)[O-])cc2)n1. The minimum Gasteiger partial charge on any atom is -0.371 e. The van der Waals surface area contributed by atoms with E-state index >= 15 is 0 Å². The second-order valence-electron chi connectivity index (χ2n) is 7.40. The van der Waals surface area contributed by atoms with Crippen LogP contribution in [0.5, 0.6) is 0 Å². The molecule has 3 heterocycles. The molecule has 0 spiro atoms. The first-order valence-electron chi connectivity index (χ1n) is 9.29. The Morgan fingerprint density at radius 2 is 1.85 bits per heavy atom. The number of nitro groups is 1. The average Bonchev–Trinajstić information content (AvgIpc) is 2.98. The smallest absolute Gasteiger partial charge is 0.269 e. The normalized spacial score (nSPS) is 21.5. The first-order valence-corrected chi connectivity index (χ1v) is 9.29. The quantitative estimate of drug-likeness (QED) is 0.639. The molecule has 1 aromatic carbocycles. The maximum absolute atomic E-state index is 10.9. The number of rotatable bonds is 5. The summed E-state index contributed by atoms with van der Waals surface area (Å²) in [6, 6.07) is 8.56. The van der Waals surface area contributed by atoms with E-state index in [4.69, 9.17) is 9.72 Å². The van der Waals surface area contributed by atoms with Gasteiger partial charge in [0.2, 0.25) is 0 Å². The number of ether oxygens (including phenoxy) is 1. The van der Waals surface area contributed by atoms with E-state index in [0.717, 1.165) is 43.1 Å². The van der Waals surface area contributed by atoms with Crippen LogP contribution in [0.25, 0.3) is 11.4 Å². The van der Waals surface area contributed by atoms with Crippen LogP contribution in [0.1, 0.15) is 26.7 Å². The van der Waals surface area contributed by atoms with Crippen LogP contribution in [0, 0.1) is 10.1 Å². The monoisotopic (exact) mass is 369 g/mol. The third-order valence-corrected chi connectivity index (χ3v) is 4.85. The number of nitro benzene ring substituents is 1. The molecule has 0 aliphatic carbocycles. The number of fused-ring (bicyclic) bond motifs is 2. The molecule has 2 atom stereocenters. The van der Waals surface area contributed by atoms with E-state index in [1.54, 1.807) is 12.1 Å². The van der Waals surface area contributed by atoms with E-state index < -0.39 is 4.92 Å². The van der Waals surface area contributed by atoms with Crippen molar-refractivity contribution in [1.29, 1.82) is 0 Å². The van der Waals surface area contributed by atoms with Gasteiger partial charge >= 0.3 is 0 Å². The Hall–Kier alpha value is -2.74. The standard InChI is InChI=1S/C19H23N5O3/c1-12(2)20-17-9-18(23-10-15-7-8-16(11-23)27-15)22-19(21-17)13-3-5-14(6-4-13)24(25)26/h3-6,9,12,15-16H,7-8,10-11H2,1-2H3,(H,20,21,22). The van der Waals surface area contributed by atoms with Gasteiger partial charge in [-0.05, 0) is 38.8 Å². The second kappa shape index (κ2) is 7.11. The molecular weight excluding hydrogens is 346 g/mol. The van der Waals surface area contributed by atoms with Gasteiger partial charge in [0.05, 0.1) is 17.1 Å². The van der Waals surface area contributed by atoms with E-state index in [0.29, 0.717) is 5.82 Å². The topological polar surface area (TPSA) is 93.4 Å². The summed E-state index contributed by atoms with van der Waals surface area (Å²) in [6.45, 7) is 5.77. The molecule has 0 saturated carbocycles. The number of nitrogens with zero attached hydrogens (tertiary/aromatic N) is 4. The Labute approximate surface area is 157 Å². The van der Waals surface area contributed by atoms with Crippen LogP contribution >= 0.6 is 0 Å². The fraction of sp³-hybridized carbons (Fsp3) is 0.474. The summed E-state index contributed by atoms with van der Waals surface area (Å²) in [5.74, 6) is 2.17. The Morgan fingerprint density at radius 1 is 1.19 bits per heavy atom. The number of hydrogen-bond donors (Lipinski definition) is 1. The third-order valence-electron chi connectivity index (χ3n) is 4.85. The minimum absolute atomic E-state index is 0.0557. The first kappa shape index (κ1) is 17.7. The lowest BCUT2D eigenvalue weighted by Crippen LogP contribution is -2.43. The van der Waals surface area contributed by atoms with Crippen LogP contribution in [0.4, 0.5) is 17.3 Å². The van der Waals surface area contributed by atoms with Crippen LogP contribution in [0.15, 0.2) is 30.3 Å². The van der Waals surface area contributed by atoms with Crippen molar-refractivity contribution in [3.05, 3.63) is 40.4 Å². The van der Waals surface area contributed by atoms with Crippen LogP contribution in [0.2, 0.25) is 0 Å². The maximum Gasteiger partial charge on any atom is 0.269 e. The molecule has 1 N–H and O–H groups in total. The average molecular weight is 369 g/mol. The summed E-state index contributed by atoms with van der Waals surface area (Å²) in [4.78, 5) is 22.1. The van der Waals surface area contributed by atoms with Gasteiger partial charge in [-0.1, -0.05) is 0 Å². The molecule has 27 heavy (non-hydrogen) atoms. The van der Waals surface area contributed by atoms with Gasteiger partial charge in [-0.15, -0.1) is 0 Å². The maximum atomic E-state index is 10.9. The molecule has 2 aliphatic heterocycles. The summed E-state index contributed by atoms with van der Waals surface area (Å²) < 4.78 is 5.93. The van der Waals surface area contributed by atoms with Crippen molar-refractivity contribution in [1.82, 2.24) is 9.97 Å². The molecule has 4 rings (SSSR count). The zero-order valence-electron chi connectivity index (χ0n) is 15.5. The zero-order valence-corrected chi connectivity index (χ0v) is 15.5. The summed E-state index contributed by atoms with van der Waals surface area (Å²) in [6.07, 6.45) is 2.73. The van der Waals surface area contributed by atoms with E-state index in [2.05, 4.69) is 29.0 Å². The lowest BCUT2D eigenvalue weighted by Gasteiger charge is -2.33. The molecule has 2 fully saturated rings. The highest BCUT2D eigenvalue weighted by Crippen LogP contribution is 2.31. The second-order valence-corrected chi connectivity index (χ2v) is 7.40. The molecule has 1 aromatic heterocycles. The molecule has 0 amide bonds. The largest absolute Gasteiger partial charge is 0.371 e. The first-order chi connectivity index (χ1) is 13.0. The van der Waals surface area contributed by atoms with Crippen LogP contribution in [-0.2, 0) is 4.74 Å². The zero-order chi connectivity index (χ0) is 19.0. The lowest BCUT2D eigenvalue weighted by molar-refractivity contribution is -0.384. The number of hydrogen-bond acceptors (Lipinski definition) is 7. The third kappa shape index (κ3) is 3.85.